The third-order valence-corrected chi connectivity index (χ3v) is 8.45. The van der Waals surface area contributed by atoms with Crippen LogP contribution in [0.25, 0.3) is 11.3 Å². The van der Waals surface area contributed by atoms with Gasteiger partial charge in [-0.2, -0.15) is 0 Å². The van der Waals surface area contributed by atoms with Gasteiger partial charge in [0.25, 0.3) is 5.91 Å². The number of hydrogen-bond donors (Lipinski definition) is 2. The Morgan fingerprint density at radius 1 is 0.775 bits per heavy atom. The topological polar surface area (TPSA) is 71.1 Å². The molecule has 1 heterocycles. The quantitative estimate of drug-likeness (QED) is 0.186. The summed E-state index contributed by atoms with van der Waals surface area (Å²) in [6.45, 7) is 6.03. The zero-order chi connectivity index (χ0) is 28.1. The molecular formula is C33H29N3O2S2. The Morgan fingerprint density at radius 3 is 2.27 bits per heavy atom. The largest absolute Gasteiger partial charge is 0.322 e. The second-order valence-electron chi connectivity index (χ2n) is 9.54. The lowest BCUT2D eigenvalue weighted by Crippen LogP contribution is -2.19. The first-order chi connectivity index (χ1) is 19.4. The van der Waals surface area contributed by atoms with Crippen molar-refractivity contribution < 1.29 is 9.59 Å². The van der Waals surface area contributed by atoms with Crippen molar-refractivity contribution in [1.82, 2.24) is 4.98 Å². The lowest BCUT2D eigenvalue weighted by molar-refractivity contribution is -0.115. The number of aromatic nitrogens is 1. The van der Waals surface area contributed by atoms with Gasteiger partial charge < -0.3 is 10.6 Å². The van der Waals surface area contributed by atoms with Crippen molar-refractivity contribution in [2.24, 2.45) is 0 Å². The maximum absolute atomic E-state index is 13.7. The van der Waals surface area contributed by atoms with Gasteiger partial charge in [0.2, 0.25) is 5.91 Å². The fraction of sp³-hybridized carbons (Fsp3) is 0.121. The first kappa shape index (κ1) is 27.4. The van der Waals surface area contributed by atoms with E-state index in [1.165, 1.54) is 28.7 Å². The molecule has 2 N–H and O–H groups in total. The number of benzene rings is 4. The smallest absolute Gasteiger partial charge is 0.255 e. The minimum atomic E-state index is -0.518. The SMILES string of the molecule is Cc1ccc(-c2nc(NC(=O)C(Sc3cccc(NC(=O)c4cccc(C)c4)c3)c3ccccc3)sc2C)cc1. The molecule has 5 aromatic rings. The van der Waals surface area contributed by atoms with Gasteiger partial charge in [0.1, 0.15) is 5.25 Å². The molecule has 5 nitrogen and oxygen atoms in total. The molecule has 2 amide bonds. The lowest BCUT2D eigenvalue weighted by Gasteiger charge is -2.17. The monoisotopic (exact) mass is 563 g/mol. The van der Waals surface area contributed by atoms with Crippen LogP contribution in [0.4, 0.5) is 10.8 Å². The number of carbonyl (C=O) groups is 2. The minimum absolute atomic E-state index is 0.158. The van der Waals surface area contributed by atoms with Gasteiger partial charge in [-0.1, -0.05) is 83.9 Å². The van der Waals surface area contributed by atoms with Crippen LogP contribution in [-0.4, -0.2) is 16.8 Å². The van der Waals surface area contributed by atoms with E-state index in [-0.39, 0.29) is 11.8 Å². The zero-order valence-corrected chi connectivity index (χ0v) is 24.1. The summed E-state index contributed by atoms with van der Waals surface area (Å²) in [6.07, 6.45) is 0. The second-order valence-corrected chi connectivity index (χ2v) is 11.9. The molecule has 0 saturated heterocycles. The summed E-state index contributed by atoms with van der Waals surface area (Å²) in [5.41, 5.74) is 6.26. The predicted octanol–water partition coefficient (Wildman–Crippen LogP) is 8.46. The van der Waals surface area contributed by atoms with Crippen LogP contribution in [0.5, 0.6) is 0 Å². The van der Waals surface area contributed by atoms with Crippen molar-refractivity contribution in [1.29, 1.82) is 0 Å². The van der Waals surface area contributed by atoms with Gasteiger partial charge in [0.15, 0.2) is 5.13 Å². The van der Waals surface area contributed by atoms with Gasteiger partial charge in [-0.25, -0.2) is 4.98 Å². The van der Waals surface area contributed by atoms with E-state index >= 15 is 0 Å². The van der Waals surface area contributed by atoms with Gasteiger partial charge in [-0.15, -0.1) is 23.1 Å². The van der Waals surface area contributed by atoms with E-state index in [0.29, 0.717) is 16.4 Å². The maximum Gasteiger partial charge on any atom is 0.255 e. The van der Waals surface area contributed by atoms with Crippen molar-refractivity contribution in [2.75, 3.05) is 10.6 Å². The standard InChI is InChI=1S/C33H29N3O2S2/c1-21-15-17-24(18-16-21)29-23(3)39-33(35-29)36-32(38)30(25-10-5-4-6-11-25)40-28-14-8-13-27(20-28)34-31(37)26-12-7-9-22(2)19-26/h4-20,30H,1-3H3,(H,34,37)(H,35,36,38). The Balaban J connectivity index is 1.35. The number of nitrogens with zero attached hydrogens (tertiary/aromatic N) is 1. The Kier molecular flexibility index (Phi) is 8.43. The maximum atomic E-state index is 13.7. The Hall–Kier alpha value is -4.20. The van der Waals surface area contributed by atoms with Gasteiger partial charge in [0, 0.05) is 26.6 Å². The number of hydrogen-bond acceptors (Lipinski definition) is 5. The number of nitrogens with one attached hydrogen (secondary N) is 2. The Bertz CT molecular complexity index is 1650. The van der Waals surface area contributed by atoms with E-state index in [9.17, 15) is 9.59 Å². The highest BCUT2D eigenvalue weighted by molar-refractivity contribution is 8.00. The summed E-state index contributed by atoms with van der Waals surface area (Å²) >= 11 is 2.90. The number of thioether (sulfide) groups is 1. The molecule has 200 valence electrons. The number of aryl methyl sites for hydroxylation is 3. The molecule has 0 aliphatic heterocycles. The summed E-state index contributed by atoms with van der Waals surface area (Å²) in [6, 6.07) is 33.0. The van der Waals surface area contributed by atoms with Crippen LogP contribution in [-0.2, 0) is 4.79 Å². The summed E-state index contributed by atoms with van der Waals surface area (Å²) in [7, 11) is 0. The highest BCUT2D eigenvalue weighted by Gasteiger charge is 2.24. The number of anilines is 2. The molecule has 7 heteroatoms. The third kappa shape index (κ3) is 6.68. The molecule has 1 atom stereocenters. The second kappa shape index (κ2) is 12.3. The van der Waals surface area contributed by atoms with Gasteiger partial charge in [-0.3, -0.25) is 9.59 Å². The molecule has 0 saturated carbocycles. The van der Waals surface area contributed by atoms with E-state index in [0.717, 1.165) is 32.2 Å². The van der Waals surface area contributed by atoms with Crippen LogP contribution < -0.4 is 10.6 Å². The van der Waals surface area contributed by atoms with Crippen LogP contribution in [0.1, 0.15) is 37.2 Å². The molecule has 0 aliphatic rings. The van der Waals surface area contributed by atoms with E-state index in [2.05, 4.69) is 41.8 Å². The molecule has 1 aromatic heterocycles. The van der Waals surface area contributed by atoms with Crippen LogP contribution in [0.15, 0.2) is 108 Å². The van der Waals surface area contributed by atoms with E-state index < -0.39 is 5.25 Å². The van der Waals surface area contributed by atoms with Crippen molar-refractivity contribution in [3.05, 3.63) is 130 Å². The number of thiazole rings is 1. The molecule has 0 spiro atoms. The zero-order valence-electron chi connectivity index (χ0n) is 22.5. The first-order valence-electron chi connectivity index (χ1n) is 12.9. The summed E-state index contributed by atoms with van der Waals surface area (Å²) < 4.78 is 0. The van der Waals surface area contributed by atoms with Crippen LogP contribution in [0.3, 0.4) is 0 Å². The van der Waals surface area contributed by atoms with E-state index in [1.807, 2.05) is 86.6 Å². The molecule has 0 fully saturated rings. The van der Waals surface area contributed by atoms with Gasteiger partial charge in [-0.05, 0) is 56.7 Å². The summed E-state index contributed by atoms with van der Waals surface area (Å²) in [5.74, 6) is -0.332. The summed E-state index contributed by atoms with van der Waals surface area (Å²) in [4.78, 5) is 33.1. The fourth-order valence-corrected chi connectivity index (χ4v) is 6.20. The lowest BCUT2D eigenvalue weighted by atomic mass is 10.1. The number of amides is 2. The predicted molar refractivity (Wildman–Crippen MR) is 166 cm³/mol. The third-order valence-electron chi connectivity index (χ3n) is 6.32. The fourth-order valence-electron chi connectivity index (χ4n) is 4.27. The molecule has 0 bridgehead atoms. The number of carbonyl (C=O) groups excluding carboxylic acids is 2. The highest BCUT2D eigenvalue weighted by Crippen LogP contribution is 2.38. The Morgan fingerprint density at radius 2 is 1.52 bits per heavy atom. The molecule has 40 heavy (non-hydrogen) atoms. The Labute approximate surface area is 242 Å². The van der Waals surface area contributed by atoms with Crippen molar-refractivity contribution in [2.45, 2.75) is 30.9 Å². The molecular weight excluding hydrogens is 535 g/mol. The van der Waals surface area contributed by atoms with Crippen LogP contribution >= 0.6 is 23.1 Å². The minimum Gasteiger partial charge on any atom is -0.322 e. The molecule has 5 rings (SSSR count). The molecule has 0 aliphatic carbocycles. The molecule has 1 unspecified atom stereocenters. The highest BCUT2D eigenvalue weighted by atomic mass is 32.2. The van der Waals surface area contributed by atoms with E-state index in [1.54, 1.807) is 6.07 Å². The van der Waals surface area contributed by atoms with Crippen molar-refractivity contribution in [3.8, 4) is 11.3 Å². The number of rotatable bonds is 8. The van der Waals surface area contributed by atoms with Gasteiger partial charge in [0.05, 0.1) is 5.69 Å². The summed E-state index contributed by atoms with van der Waals surface area (Å²) in [5, 5.41) is 6.08. The van der Waals surface area contributed by atoms with Crippen molar-refractivity contribution in [3.63, 3.8) is 0 Å². The van der Waals surface area contributed by atoms with Crippen LogP contribution in [0.2, 0.25) is 0 Å². The van der Waals surface area contributed by atoms with E-state index in [4.69, 9.17) is 4.98 Å². The van der Waals surface area contributed by atoms with Crippen molar-refractivity contribution >= 4 is 45.7 Å². The molecule has 4 aromatic carbocycles. The van der Waals surface area contributed by atoms with Gasteiger partial charge >= 0.3 is 0 Å². The average Bonchev–Trinajstić information content (AvgIpc) is 3.32. The first-order valence-corrected chi connectivity index (χ1v) is 14.6. The normalized spacial score (nSPS) is 11.6. The average molecular weight is 564 g/mol. The van der Waals surface area contributed by atoms with Crippen LogP contribution in [0, 0.1) is 20.8 Å². The molecule has 0 radical (unpaired) electrons.